The molecule has 0 saturated carbocycles. The molecule has 7 heteroatoms. The number of benzene rings is 2. The predicted molar refractivity (Wildman–Crippen MR) is 144 cm³/mol. The average Bonchev–Trinajstić information content (AvgIpc) is 3.20. The van der Waals surface area contributed by atoms with Crippen LogP contribution in [0.15, 0.2) is 60.7 Å². The molecular weight excluding hydrogens is 470 g/mol. The van der Waals surface area contributed by atoms with Crippen LogP contribution in [0.2, 0.25) is 18.1 Å². The molecule has 1 saturated heterocycles. The summed E-state index contributed by atoms with van der Waals surface area (Å²) in [5.41, 5.74) is 2.17. The van der Waals surface area contributed by atoms with Crippen LogP contribution in [0.4, 0.5) is 4.79 Å². The second-order valence-electron chi connectivity index (χ2n) is 11.2. The third-order valence-corrected chi connectivity index (χ3v) is 11.9. The Morgan fingerprint density at radius 1 is 1.06 bits per heavy atom. The van der Waals surface area contributed by atoms with E-state index < -0.39 is 20.3 Å². The van der Waals surface area contributed by atoms with Gasteiger partial charge in [0.1, 0.15) is 6.61 Å². The molecule has 0 N–H and O–H groups in total. The minimum Gasteiger partial charge on any atom is -0.447 e. The molecule has 1 heterocycles. The standard InChI is InChI=1S/C29H41NO5Si/c1-22(27(31)30-25(21-34-28(30)32)19-23-13-9-7-10-14-23)26(35-36(5,6)29(2,3)4)17-18-33-20-24-15-11-8-12-16-24/h7-16,22,25-26H,17-21H2,1-6H3/t22-,25-,26+/m1/s1. The lowest BCUT2D eigenvalue weighted by Gasteiger charge is -2.41. The van der Waals surface area contributed by atoms with E-state index in [-0.39, 0.29) is 29.7 Å². The highest BCUT2D eigenvalue weighted by molar-refractivity contribution is 6.74. The van der Waals surface area contributed by atoms with Gasteiger partial charge in [0.2, 0.25) is 5.91 Å². The molecule has 2 aromatic carbocycles. The van der Waals surface area contributed by atoms with Gasteiger partial charge in [-0.1, -0.05) is 88.4 Å². The lowest BCUT2D eigenvalue weighted by molar-refractivity contribution is -0.136. The van der Waals surface area contributed by atoms with E-state index >= 15 is 0 Å². The maximum Gasteiger partial charge on any atom is 0.416 e. The van der Waals surface area contributed by atoms with Crippen molar-refractivity contribution in [2.75, 3.05) is 13.2 Å². The molecular formula is C29H41NO5Si. The zero-order valence-corrected chi connectivity index (χ0v) is 23.5. The Bertz CT molecular complexity index is 990. The fourth-order valence-electron chi connectivity index (χ4n) is 4.08. The second-order valence-corrected chi connectivity index (χ2v) is 15.9. The molecule has 1 aliphatic heterocycles. The Hall–Kier alpha value is -2.48. The van der Waals surface area contributed by atoms with Gasteiger partial charge in [-0.2, -0.15) is 0 Å². The van der Waals surface area contributed by atoms with E-state index in [1.54, 1.807) is 0 Å². The summed E-state index contributed by atoms with van der Waals surface area (Å²) in [6.07, 6.45) is 0.205. The van der Waals surface area contributed by atoms with Gasteiger partial charge in [-0.25, -0.2) is 9.69 Å². The fourth-order valence-corrected chi connectivity index (χ4v) is 5.51. The van der Waals surface area contributed by atoms with E-state index in [9.17, 15) is 9.59 Å². The first-order valence-electron chi connectivity index (χ1n) is 12.8. The topological polar surface area (TPSA) is 65.1 Å². The largest absolute Gasteiger partial charge is 0.447 e. The Morgan fingerprint density at radius 3 is 2.22 bits per heavy atom. The number of hydrogen-bond donors (Lipinski definition) is 0. The number of amides is 2. The summed E-state index contributed by atoms with van der Waals surface area (Å²) in [4.78, 5) is 27.6. The van der Waals surface area contributed by atoms with Crippen LogP contribution >= 0.6 is 0 Å². The monoisotopic (exact) mass is 511 g/mol. The molecule has 0 radical (unpaired) electrons. The van der Waals surface area contributed by atoms with Gasteiger partial charge in [0.25, 0.3) is 0 Å². The molecule has 1 aliphatic rings. The van der Waals surface area contributed by atoms with Crippen molar-refractivity contribution in [3.63, 3.8) is 0 Å². The van der Waals surface area contributed by atoms with Gasteiger partial charge < -0.3 is 13.9 Å². The van der Waals surface area contributed by atoms with Crippen LogP contribution in [0.1, 0.15) is 45.2 Å². The van der Waals surface area contributed by atoms with Crippen LogP contribution < -0.4 is 0 Å². The second kappa shape index (κ2) is 12.2. The van der Waals surface area contributed by atoms with E-state index in [4.69, 9.17) is 13.9 Å². The van der Waals surface area contributed by atoms with E-state index in [0.717, 1.165) is 11.1 Å². The predicted octanol–water partition coefficient (Wildman–Crippen LogP) is 6.21. The summed E-state index contributed by atoms with van der Waals surface area (Å²) in [6.45, 7) is 14.0. The summed E-state index contributed by atoms with van der Waals surface area (Å²) in [5, 5.41) is -0.0126. The van der Waals surface area contributed by atoms with Crippen LogP contribution in [0.5, 0.6) is 0 Å². The first-order valence-corrected chi connectivity index (χ1v) is 15.7. The van der Waals surface area contributed by atoms with Crippen molar-refractivity contribution < 1.29 is 23.5 Å². The quantitative estimate of drug-likeness (QED) is 0.265. The molecule has 196 valence electrons. The van der Waals surface area contributed by atoms with Crippen LogP contribution in [-0.2, 0) is 31.7 Å². The number of hydrogen-bond acceptors (Lipinski definition) is 5. The Kier molecular flexibility index (Phi) is 9.50. The zero-order valence-electron chi connectivity index (χ0n) is 22.5. The van der Waals surface area contributed by atoms with Gasteiger partial charge >= 0.3 is 6.09 Å². The van der Waals surface area contributed by atoms with Gasteiger partial charge in [-0.3, -0.25) is 4.79 Å². The molecule has 3 rings (SSSR count). The highest BCUT2D eigenvalue weighted by Crippen LogP contribution is 2.39. The third kappa shape index (κ3) is 7.28. The summed E-state index contributed by atoms with van der Waals surface area (Å²) in [6, 6.07) is 19.6. The van der Waals surface area contributed by atoms with Gasteiger partial charge in [-0.15, -0.1) is 0 Å². The summed E-state index contributed by atoms with van der Waals surface area (Å²) in [7, 11) is -2.18. The van der Waals surface area contributed by atoms with Gasteiger partial charge in [0.15, 0.2) is 8.32 Å². The average molecular weight is 512 g/mol. The minimum atomic E-state index is -2.18. The zero-order chi connectivity index (χ0) is 26.3. The Labute approximate surface area is 217 Å². The van der Waals surface area contributed by atoms with Crippen LogP contribution in [0, 0.1) is 5.92 Å². The molecule has 2 amide bonds. The normalized spacial score (nSPS) is 18.1. The molecule has 0 spiro atoms. The van der Waals surface area contributed by atoms with Crippen molar-refractivity contribution in [1.82, 2.24) is 4.90 Å². The Morgan fingerprint density at radius 2 is 1.64 bits per heavy atom. The molecule has 2 aromatic rings. The van der Waals surface area contributed by atoms with Crippen molar-refractivity contribution in [2.45, 2.75) is 77.4 Å². The molecule has 6 nitrogen and oxygen atoms in total. The third-order valence-electron chi connectivity index (χ3n) is 7.37. The van der Waals surface area contributed by atoms with Crippen LogP contribution in [-0.4, -0.2) is 50.6 Å². The van der Waals surface area contributed by atoms with E-state index in [1.165, 1.54) is 4.90 Å². The number of carbonyl (C=O) groups excluding carboxylic acids is 2. The molecule has 0 aromatic heterocycles. The van der Waals surface area contributed by atoms with E-state index in [2.05, 4.69) is 33.9 Å². The minimum absolute atomic E-state index is 0.0126. The number of rotatable bonds is 11. The van der Waals surface area contributed by atoms with Crippen LogP contribution in [0.25, 0.3) is 0 Å². The maximum absolute atomic E-state index is 13.7. The summed E-state index contributed by atoms with van der Waals surface area (Å²) in [5.74, 6) is -0.756. The fraction of sp³-hybridized carbons (Fsp3) is 0.517. The van der Waals surface area contributed by atoms with E-state index in [0.29, 0.717) is 26.1 Å². The molecule has 3 atom stereocenters. The lowest BCUT2D eigenvalue weighted by Crippen LogP contribution is -2.50. The number of imide groups is 1. The highest BCUT2D eigenvalue weighted by atomic mass is 28.4. The molecule has 1 fully saturated rings. The molecule has 0 aliphatic carbocycles. The van der Waals surface area contributed by atoms with Gasteiger partial charge in [-0.05, 0) is 42.1 Å². The van der Waals surface area contributed by atoms with Crippen LogP contribution in [0.3, 0.4) is 0 Å². The van der Waals surface area contributed by atoms with Gasteiger partial charge in [0, 0.05) is 6.61 Å². The first kappa shape index (κ1) is 28.1. The summed E-state index contributed by atoms with van der Waals surface area (Å²) >= 11 is 0. The number of nitrogens with zero attached hydrogens (tertiary/aromatic N) is 1. The molecule has 0 unspecified atom stereocenters. The van der Waals surface area contributed by atoms with E-state index in [1.807, 2.05) is 67.6 Å². The number of carbonyl (C=O) groups is 2. The SMILES string of the molecule is C[C@@H](C(=O)N1C(=O)OC[C@H]1Cc1ccccc1)[C@H](CCOCc1ccccc1)O[Si](C)(C)C(C)(C)C. The van der Waals surface area contributed by atoms with Gasteiger partial charge in [0.05, 0.1) is 24.7 Å². The maximum atomic E-state index is 13.7. The first-order chi connectivity index (χ1) is 17.0. The number of cyclic esters (lactones) is 1. The van der Waals surface area contributed by atoms with Crippen molar-refractivity contribution in [3.8, 4) is 0 Å². The van der Waals surface area contributed by atoms with Crippen molar-refractivity contribution in [1.29, 1.82) is 0 Å². The van der Waals surface area contributed by atoms with Crippen molar-refractivity contribution >= 4 is 20.3 Å². The lowest BCUT2D eigenvalue weighted by atomic mass is 9.98. The van der Waals surface area contributed by atoms with Crippen molar-refractivity contribution in [3.05, 3.63) is 71.8 Å². The highest BCUT2D eigenvalue weighted by Gasteiger charge is 2.45. The Balaban J connectivity index is 1.72. The molecule has 0 bridgehead atoms. The van der Waals surface area contributed by atoms with Crippen molar-refractivity contribution in [2.24, 2.45) is 5.92 Å². The smallest absolute Gasteiger partial charge is 0.416 e. The summed E-state index contributed by atoms with van der Waals surface area (Å²) < 4.78 is 18.0. The molecule has 36 heavy (non-hydrogen) atoms. The number of ether oxygens (including phenoxy) is 2.